The highest BCUT2D eigenvalue weighted by Gasteiger charge is 2.42. The second-order valence-electron chi connectivity index (χ2n) is 7.19. The molecule has 0 radical (unpaired) electrons. The normalized spacial score (nSPS) is 16.3. The van der Waals surface area contributed by atoms with Crippen molar-refractivity contribution in [3.8, 4) is 0 Å². The van der Waals surface area contributed by atoms with Crippen LogP contribution in [0.15, 0.2) is 40.7 Å². The number of allylic oxidation sites excluding steroid dienone is 2. The van der Waals surface area contributed by atoms with Gasteiger partial charge in [0.25, 0.3) is 0 Å². The van der Waals surface area contributed by atoms with E-state index in [9.17, 15) is 19.8 Å². The maximum Gasteiger partial charge on any atom is 0.334 e. The average molecular weight is 398 g/mol. The zero-order valence-corrected chi connectivity index (χ0v) is 16.7. The van der Waals surface area contributed by atoms with Gasteiger partial charge in [-0.1, -0.05) is 35.3 Å². The van der Waals surface area contributed by atoms with Crippen molar-refractivity contribution in [3.05, 3.63) is 56.3 Å². The van der Waals surface area contributed by atoms with Crippen LogP contribution in [0.5, 0.6) is 0 Å². The van der Waals surface area contributed by atoms with Crippen LogP contribution in [0.1, 0.15) is 46.1 Å². The molecule has 0 atom stereocenters. The van der Waals surface area contributed by atoms with Gasteiger partial charge in [0.2, 0.25) is 0 Å². The van der Waals surface area contributed by atoms with E-state index >= 15 is 0 Å². The molecule has 0 aromatic heterocycles. The first-order chi connectivity index (χ1) is 11.9. The Bertz CT molecular complexity index is 812. The summed E-state index contributed by atoms with van der Waals surface area (Å²) in [5.41, 5.74) is 0.779. The van der Waals surface area contributed by atoms with E-state index in [1.807, 2.05) is 20.8 Å². The lowest BCUT2D eigenvalue weighted by Gasteiger charge is -2.44. The highest BCUT2D eigenvalue weighted by atomic mass is 35.5. The third-order valence-electron chi connectivity index (χ3n) is 4.45. The van der Waals surface area contributed by atoms with E-state index < -0.39 is 23.4 Å². The molecule has 1 aromatic rings. The number of carbonyl (C=O) groups is 2. The molecular weight excluding hydrogens is 377 g/mol. The van der Waals surface area contributed by atoms with Crippen LogP contribution < -0.4 is 0 Å². The summed E-state index contributed by atoms with van der Waals surface area (Å²) in [5, 5.41) is 20.2. The summed E-state index contributed by atoms with van der Waals surface area (Å²) in [7, 11) is 0. The van der Waals surface area contributed by atoms with Crippen molar-refractivity contribution >= 4 is 35.1 Å². The van der Waals surface area contributed by atoms with Gasteiger partial charge in [0, 0.05) is 16.9 Å². The Morgan fingerprint density at radius 1 is 1.00 bits per heavy atom. The molecule has 2 N–H and O–H groups in total. The molecule has 0 amide bonds. The zero-order chi connectivity index (χ0) is 20.0. The van der Waals surface area contributed by atoms with Crippen LogP contribution in [-0.2, 0) is 9.59 Å². The maximum atomic E-state index is 12.1. The molecule has 1 heterocycles. The maximum absolute atomic E-state index is 12.1. The number of benzene rings is 1. The van der Waals surface area contributed by atoms with Crippen molar-refractivity contribution in [2.45, 2.75) is 46.1 Å². The van der Waals surface area contributed by atoms with Crippen LogP contribution >= 0.6 is 23.2 Å². The van der Waals surface area contributed by atoms with Gasteiger partial charge < -0.3 is 15.1 Å². The van der Waals surface area contributed by atoms with Gasteiger partial charge in [0.15, 0.2) is 0 Å². The Kier molecular flexibility index (Phi) is 5.45. The standard InChI is InChI=1S/C19H21Cl2NO4/c1-9-13(17(23)24)15(11-7-6-8-12(20)16(11)21)14(18(25)26)10(2)22(9)19(3,4)5/h6-8,15H,1-5H3,(H,23,24)(H,25,26). The summed E-state index contributed by atoms with van der Waals surface area (Å²) in [6.45, 7) is 9.05. The van der Waals surface area contributed by atoms with Gasteiger partial charge in [-0.2, -0.15) is 0 Å². The molecule has 0 saturated carbocycles. The number of nitrogens with zero attached hydrogens (tertiary/aromatic N) is 1. The van der Waals surface area contributed by atoms with Crippen LogP contribution in [0.4, 0.5) is 0 Å². The molecule has 0 fully saturated rings. The van der Waals surface area contributed by atoms with Crippen molar-refractivity contribution in [2.24, 2.45) is 0 Å². The lowest BCUT2D eigenvalue weighted by molar-refractivity contribution is -0.133. The average Bonchev–Trinajstić information content (AvgIpc) is 2.47. The quantitative estimate of drug-likeness (QED) is 0.757. The van der Waals surface area contributed by atoms with E-state index in [4.69, 9.17) is 23.2 Å². The lowest BCUT2D eigenvalue weighted by atomic mass is 9.78. The van der Waals surface area contributed by atoms with Gasteiger partial charge >= 0.3 is 11.9 Å². The van der Waals surface area contributed by atoms with Crippen molar-refractivity contribution < 1.29 is 19.8 Å². The van der Waals surface area contributed by atoms with Crippen LogP contribution in [0.3, 0.4) is 0 Å². The van der Waals surface area contributed by atoms with Crippen LogP contribution in [0, 0.1) is 0 Å². The summed E-state index contributed by atoms with van der Waals surface area (Å²) < 4.78 is 0. The first-order valence-electron chi connectivity index (χ1n) is 8.01. The molecule has 1 aliphatic heterocycles. The number of carboxylic acids is 2. The highest BCUT2D eigenvalue weighted by Crippen LogP contribution is 2.47. The first kappa shape index (κ1) is 20.3. The monoisotopic (exact) mass is 397 g/mol. The first-order valence-corrected chi connectivity index (χ1v) is 8.77. The molecule has 2 rings (SSSR count). The Hall–Kier alpha value is -1.98. The van der Waals surface area contributed by atoms with Crippen molar-refractivity contribution in [1.82, 2.24) is 4.90 Å². The number of carboxylic acid groups (broad SMARTS) is 2. The molecule has 5 nitrogen and oxygen atoms in total. The molecule has 0 saturated heterocycles. The van der Waals surface area contributed by atoms with Crippen molar-refractivity contribution in [3.63, 3.8) is 0 Å². The fourth-order valence-corrected chi connectivity index (χ4v) is 4.09. The summed E-state index contributed by atoms with van der Waals surface area (Å²) in [6.07, 6.45) is 0. The molecule has 140 valence electrons. The number of aliphatic carboxylic acids is 2. The smallest absolute Gasteiger partial charge is 0.334 e. The van der Waals surface area contributed by atoms with E-state index in [1.54, 1.807) is 36.9 Å². The number of hydrogen-bond acceptors (Lipinski definition) is 3. The molecular formula is C19H21Cl2NO4. The molecule has 1 aliphatic rings. The SMILES string of the molecule is CC1=C(C(=O)O)C(c2cccc(Cl)c2Cl)C(C(=O)O)=C(C)N1C(C)(C)C. The number of rotatable bonds is 3. The Morgan fingerprint density at radius 3 is 1.85 bits per heavy atom. The molecule has 0 spiro atoms. The van der Waals surface area contributed by atoms with Crippen molar-refractivity contribution in [2.75, 3.05) is 0 Å². The van der Waals surface area contributed by atoms with Crippen LogP contribution in [-0.4, -0.2) is 32.6 Å². The molecule has 0 unspecified atom stereocenters. The van der Waals surface area contributed by atoms with E-state index in [-0.39, 0.29) is 21.2 Å². The second kappa shape index (κ2) is 6.97. The summed E-state index contributed by atoms with van der Waals surface area (Å²) in [5.74, 6) is -3.40. The van der Waals surface area contributed by atoms with E-state index in [1.165, 1.54) is 0 Å². The summed E-state index contributed by atoms with van der Waals surface area (Å²) in [4.78, 5) is 26.0. The molecule has 0 aliphatic carbocycles. The molecule has 7 heteroatoms. The predicted molar refractivity (Wildman–Crippen MR) is 101 cm³/mol. The van der Waals surface area contributed by atoms with Gasteiger partial charge in [-0.15, -0.1) is 0 Å². The summed E-state index contributed by atoms with van der Waals surface area (Å²) in [6, 6.07) is 4.81. The third-order valence-corrected chi connectivity index (χ3v) is 5.29. The highest BCUT2D eigenvalue weighted by molar-refractivity contribution is 6.42. The molecule has 26 heavy (non-hydrogen) atoms. The fourth-order valence-electron chi connectivity index (χ4n) is 3.67. The fraction of sp³-hybridized carbons (Fsp3) is 0.368. The van der Waals surface area contributed by atoms with Gasteiger partial charge in [-0.05, 0) is 46.2 Å². The van der Waals surface area contributed by atoms with Crippen LogP contribution in [0.25, 0.3) is 0 Å². The zero-order valence-electron chi connectivity index (χ0n) is 15.2. The van der Waals surface area contributed by atoms with Crippen molar-refractivity contribution in [1.29, 1.82) is 0 Å². The topological polar surface area (TPSA) is 77.8 Å². The van der Waals surface area contributed by atoms with Crippen LogP contribution in [0.2, 0.25) is 10.0 Å². The minimum absolute atomic E-state index is 0.0212. The van der Waals surface area contributed by atoms with E-state index in [0.717, 1.165) is 0 Å². The Morgan fingerprint density at radius 2 is 1.46 bits per heavy atom. The molecule has 1 aromatic carbocycles. The minimum Gasteiger partial charge on any atom is -0.478 e. The van der Waals surface area contributed by atoms with Gasteiger partial charge in [-0.3, -0.25) is 0 Å². The Balaban J connectivity index is 2.91. The molecule has 0 bridgehead atoms. The third kappa shape index (κ3) is 3.33. The minimum atomic E-state index is -1.19. The predicted octanol–water partition coefficient (Wildman–Crippen LogP) is 4.91. The Labute approximate surface area is 162 Å². The largest absolute Gasteiger partial charge is 0.478 e. The number of hydrogen-bond donors (Lipinski definition) is 2. The lowest BCUT2D eigenvalue weighted by Crippen LogP contribution is -2.44. The van der Waals surface area contributed by atoms with Gasteiger partial charge in [-0.25, -0.2) is 9.59 Å². The summed E-state index contributed by atoms with van der Waals surface area (Å²) >= 11 is 12.4. The second-order valence-corrected chi connectivity index (χ2v) is 7.98. The van der Waals surface area contributed by atoms with E-state index in [0.29, 0.717) is 17.0 Å². The van der Waals surface area contributed by atoms with Gasteiger partial charge in [0.05, 0.1) is 27.1 Å². The number of halogens is 2. The van der Waals surface area contributed by atoms with Gasteiger partial charge in [0.1, 0.15) is 0 Å². The van der Waals surface area contributed by atoms with E-state index in [2.05, 4.69) is 0 Å².